The molecule has 2 heterocycles. The second-order valence-corrected chi connectivity index (χ2v) is 4.32. The second kappa shape index (κ2) is 4.80. The molecule has 1 fully saturated rings. The summed E-state index contributed by atoms with van der Waals surface area (Å²) < 4.78 is 10.4. The maximum Gasteiger partial charge on any atom is 0.332 e. The normalized spacial score (nSPS) is 24.4. The third-order valence-electron chi connectivity index (χ3n) is 2.51. The van der Waals surface area contributed by atoms with Crippen molar-refractivity contribution in [2.75, 3.05) is 14.1 Å². The molecule has 1 aromatic heterocycles. The lowest BCUT2D eigenvalue weighted by Gasteiger charge is -2.06. The van der Waals surface area contributed by atoms with Gasteiger partial charge >= 0.3 is 5.97 Å². The topological polar surface area (TPSA) is 88.7 Å². The zero-order chi connectivity index (χ0) is 12.4. The summed E-state index contributed by atoms with van der Waals surface area (Å²) in [6, 6.07) is 0. The van der Waals surface area contributed by atoms with Crippen LogP contribution in [0.3, 0.4) is 0 Å². The molecule has 17 heavy (non-hydrogen) atoms. The molecule has 2 unspecified atom stereocenters. The van der Waals surface area contributed by atoms with Gasteiger partial charge in [0.2, 0.25) is 0 Å². The van der Waals surface area contributed by atoms with E-state index in [1.54, 1.807) is 0 Å². The summed E-state index contributed by atoms with van der Waals surface area (Å²) in [4.78, 5) is 16.8. The number of nitrogens with zero attached hydrogens (tertiary/aromatic N) is 3. The first-order valence-corrected chi connectivity index (χ1v) is 5.41. The molecule has 1 aromatic rings. The lowest BCUT2D eigenvalue weighted by molar-refractivity contribution is -0.150. The van der Waals surface area contributed by atoms with Gasteiger partial charge in [-0.25, -0.2) is 4.79 Å². The van der Waals surface area contributed by atoms with Crippen molar-refractivity contribution < 1.29 is 19.2 Å². The third kappa shape index (κ3) is 2.80. The minimum atomic E-state index is -0.944. The zero-order valence-corrected chi connectivity index (χ0v) is 9.79. The molecular weight excluding hydrogens is 226 g/mol. The van der Waals surface area contributed by atoms with Gasteiger partial charge in [-0.2, -0.15) is 4.98 Å². The van der Waals surface area contributed by atoms with Gasteiger partial charge in [0.05, 0.1) is 6.54 Å². The molecule has 0 radical (unpaired) electrons. The number of aliphatic carboxylic acids is 1. The van der Waals surface area contributed by atoms with Gasteiger partial charge in [0.15, 0.2) is 11.9 Å². The van der Waals surface area contributed by atoms with E-state index in [4.69, 9.17) is 14.4 Å². The highest BCUT2D eigenvalue weighted by Gasteiger charge is 2.34. The van der Waals surface area contributed by atoms with Gasteiger partial charge in [0, 0.05) is 0 Å². The van der Waals surface area contributed by atoms with Crippen LogP contribution >= 0.6 is 0 Å². The minimum absolute atomic E-state index is 0.366. The van der Waals surface area contributed by atoms with Gasteiger partial charge in [-0.05, 0) is 26.9 Å². The average molecular weight is 241 g/mol. The average Bonchev–Trinajstić information content (AvgIpc) is 2.83. The van der Waals surface area contributed by atoms with E-state index in [1.807, 2.05) is 19.0 Å². The fraction of sp³-hybridized carbons (Fsp3) is 0.700. The summed E-state index contributed by atoms with van der Waals surface area (Å²) in [6.07, 6.45) is -0.0740. The van der Waals surface area contributed by atoms with Gasteiger partial charge in [-0.15, -0.1) is 0 Å². The molecule has 0 saturated carbocycles. The Labute approximate surface area is 98.4 Å². The van der Waals surface area contributed by atoms with Crippen LogP contribution in [0.5, 0.6) is 0 Å². The molecule has 2 atom stereocenters. The zero-order valence-electron chi connectivity index (χ0n) is 9.79. The lowest BCUT2D eigenvalue weighted by Crippen LogP contribution is -2.18. The van der Waals surface area contributed by atoms with Gasteiger partial charge in [0.1, 0.15) is 6.10 Å². The molecule has 7 nitrogen and oxygen atoms in total. The Hall–Kier alpha value is -1.47. The van der Waals surface area contributed by atoms with E-state index in [0.29, 0.717) is 31.1 Å². The van der Waals surface area contributed by atoms with Crippen molar-refractivity contribution in [3.8, 4) is 0 Å². The van der Waals surface area contributed by atoms with Gasteiger partial charge in [-0.3, -0.25) is 0 Å². The summed E-state index contributed by atoms with van der Waals surface area (Å²) in [5.41, 5.74) is 0. The van der Waals surface area contributed by atoms with Crippen LogP contribution in [0.4, 0.5) is 0 Å². The summed E-state index contributed by atoms with van der Waals surface area (Å²) in [5.74, 6) is -0.00138. The monoisotopic (exact) mass is 241 g/mol. The molecule has 0 aromatic carbocycles. The maximum atomic E-state index is 10.7. The van der Waals surface area contributed by atoms with E-state index in [9.17, 15) is 4.79 Å². The van der Waals surface area contributed by atoms with Crippen LogP contribution in [0.1, 0.15) is 30.7 Å². The molecule has 1 saturated heterocycles. The summed E-state index contributed by atoms with van der Waals surface area (Å²) in [6.45, 7) is 0.582. The molecule has 7 heteroatoms. The van der Waals surface area contributed by atoms with E-state index < -0.39 is 12.1 Å². The summed E-state index contributed by atoms with van der Waals surface area (Å²) in [5, 5.41) is 12.6. The standard InChI is InChI=1S/C10H15N3O4/c1-13(2)5-8-11-9(17-12-8)6-3-4-7(16-6)10(14)15/h6-7H,3-5H2,1-2H3,(H,14,15). The summed E-state index contributed by atoms with van der Waals surface area (Å²) >= 11 is 0. The highest BCUT2D eigenvalue weighted by atomic mass is 16.5. The van der Waals surface area contributed by atoms with Crippen molar-refractivity contribution in [3.05, 3.63) is 11.7 Å². The Kier molecular flexibility index (Phi) is 3.39. The minimum Gasteiger partial charge on any atom is -0.479 e. The van der Waals surface area contributed by atoms with Crippen molar-refractivity contribution >= 4 is 5.97 Å². The highest BCUT2D eigenvalue weighted by Crippen LogP contribution is 2.31. The molecule has 1 aliphatic rings. The largest absolute Gasteiger partial charge is 0.479 e. The van der Waals surface area contributed by atoms with Gasteiger partial charge in [-0.1, -0.05) is 5.16 Å². The van der Waals surface area contributed by atoms with Crippen molar-refractivity contribution in [1.29, 1.82) is 0 Å². The molecule has 0 aliphatic carbocycles. The van der Waals surface area contributed by atoms with Crippen molar-refractivity contribution in [3.63, 3.8) is 0 Å². The third-order valence-corrected chi connectivity index (χ3v) is 2.51. The van der Waals surface area contributed by atoms with Crippen LogP contribution < -0.4 is 0 Å². The van der Waals surface area contributed by atoms with Gasteiger partial charge < -0.3 is 19.3 Å². The highest BCUT2D eigenvalue weighted by molar-refractivity contribution is 5.72. The van der Waals surface area contributed by atoms with E-state index in [2.05, 4.69) is 10.1 Å². The van der Waals surface area contributed by atoms with Crippen LogP contribution in [0.25, 0.3) is 0 Å². The number of carboxylic acids is 1. The lowest BCUT2D eigenvalue weighted by atomic mass is 10.2. The fourth-order valence-electron chi connectivity index (χ4n) is 1.75. The number of aromatic nitrogens is 2. The number of rotatable bonds is 4. The fourth-order valence-corrected chi connectivity index (χ4v) is 1.75. The Morgan fingerprint density at radius 1 is 1.53 bits per heavy atom. The number of hydrogen-bond acceptors (Lipinski definition) is 6. The van der Waals surface area contributed by atoms with Crippen LogP contribution in [-0.4, -0.2) is 46.3 Å². The van der Waals surface area contributed by atoms with E-state index >= 15 is 0 Å². The molecule has 1 aliphatic heterocycles. The second-order valence-electron chi connectivity index (χ2n) is 4.32. The first-order chi connectivity index (χ1) is 8.06. The number of carbonyl (C=O) groups is 1. The molecule has 0 bridgehead atoms. The van der Waals surface area contributed by atoms with E-state index in [0.717, 1.165) is 0 Å². The van der Waals surface area contributed by atoms with E-state index in [1.165, 1.54) is 0 Å². The molecule has 0 spiro atoms. The molecular formula is C10H15N3O4. The molecule has 1 N–H and O–H groups in total. The van der Waals surface area contributed by atoms with Gasteiger partial charge in [0.25, 0.3) is 5.89 Å². The van der Waals surface area contributed by atoms with E-state index in [-0.39, 0.29) is 6.10 Å². The molecule has 94 valence electrons. The number of ether oxygens (including phenoxy) is 1. The van der Waals surface area contributed by atoms with Crippen molar-refractivity contribution in [2.45, 2.75) is 31.6 Å². The van der Waals surface area contributed by atoms with Crippen LogP contribution in [-0.2, 0) is 16.1 Å². The predicted molar refractivity (Wildman–Crippen MR) is 56.2 cm³/mol. The summed E-state index contributed by atoms with van der Waals surface area (Å²) in [7, 11) is 3.81. The molecule has 0 amide bonds. The Bertz CT molecular complexity index is 404. The molecule has 2 rings (SSSR count). The first kappa shape index (κ1) is 12.0. The van der Waals surface area contributed by atoms with Crippen LogP contribution in [0, 0.1) is 0 Å². The number of hydrogen-bond donors (Lipinski definition) is 1. The van der Waals surface area contributed by atoms with Crippen molar-refractivity contribution in [2.24, 2.45) is 0 Å². The smallest absolute Gasteiger partial charge is 0.332 e. The van der Waals surface area contributed by atoms with Crippen molar-refractivity contribution in [1.82, 2.24) is 15.0 Å². The Balaban J connectivity index is 1.99. The first-order valence-electron chi connectivity index (χ1n) is 5.41. The van der Waals surface area contributed by atoms with Crippen LogP contribution in [0.2, 0.25) is 0 Å². The number of carboxylic acid groups (broad SMARTS) is 1. The van der Waals surface area contributed by atoms with Crippen LogP contribution in [0.15, 0.2) is 4.52 Å². The Morgan fingerprint density at radius 2 is 2.29 bits per heavy atom. The maximum absolute atomic E-state index is 10.7. The quantitative estimate of drug-likeness (QED) is 0.817. The predicted octanol–water partition coefficient (Wildman–Crippen LogP) is 0.436. The Morgan fingerprint density at radius 3 is 2.88 bits per heavy atom. The SMILES string of the molecule is CN(C)Cc1noc(C2CCC(C(=O)O)O2)n1.